The van der Waals surface area contributed by atoms with E-state index in [1.807, 2.05) is 40.4 Å². The number of imidazole rings is 1. The summed E-state index contributed by atoms with van der Waals surface area (Å²) in [5, 5.41) is 14.8. The molecule has 8 nitrogen and oxygen atoms in total. The highest BCUT2D eigenvalue weighted by Gasteiger charge is 2.40. The van der Waals surface area contributed by atoms with Crippen molar-refractivity contribution in [2.45, 2.75) is 23.5 Å². The SMILES string of the molecule is CS(=O)(=O)c1cnc2[nH]cc(-c3nc(-c4cccc([C@]5(O)CCn6ccnc65)c4)cs3)c2c1. The summed E-state index contributed by atoms with van der Waals surface area (Å²) in [7, 11) is -3.37. The molecule has 2 N–H and O–H groups in total. The molecule has 33 heavy (non-hydrogen) atoms. The lowest BCUT2D eigenvalue weighted by Crippen LogP contribution is -2.25. The Bertz CT molecular complexity index is 1630. The Balaban J connectivity index is 1.39. The van der Waals surface area contributed by atoms with E-state index in [0.717, 1.165) is 33.9 Å². The lowest BCUT2D eigenvalue weighted by atomic mass is 9.90. The molecule has 0 bridgehead atoms. The lowest BCUT2D eigenvalue weighted by Gasteiger charge is -2.22. The van der Waals surface area contributed by atoms with Crippen molar-refractivity contribution in [1.82, 2.24) is 24.5 Å². The van der Waals surface area contributed by atoms with Gasteiger partial charge in [0.25, 0.3) is 0 Å². The molecule has 0 aliphatic carbocycles. The van der Waals surface area contributed by atoms with Gasteiger partial charge in [-0.25, -0.2) is 23.4 Å². The first-order valence-electron chi connectivity index (χ1n) is 10.3. The normalized spacial score (nSPS) is 18.1. The standard InChI is InChI=1S/C23H19N5O3S2/c1-33(30,31)16-10-17-18(12-26-20(17)25-11-16)21-27-19(13-32-21)14-3-2-4-15(9-14)23(29)5-7-28-8-6-24-22(23)28/h2-4,6,8-13,29H,5,7H2,1H3,(H,25,26)/t23-/m1/s1. The van der Waals surface area contributed by atoms with Crippen molar-refractivity contribution in [3.8, 4) is 21.8 Å². The van der Waals surface area contributed by atoms with E-state index in [4.69, 9.17) is 4.98 Å². The Labute approximate surface area is 193 Å². The highest BCUT2D eigenvalue weighted by Crippen LogP contribution is 2.39. The summed E-state index contributed by atoms with van der Waals surface area (Å²) in [6.45, 7) is 0.723. The predicted octanol–water partition coefficient (Wildman–Crippen LogP) is 3.59. The first kappa shape index (κ1) is 20.3. The highest BCUT2D eigenvalue weighted by atomic mass is 32.2. The highest BCUT2D eigenvalue weighted by molar-refractivity contribution is 7.90. The third-order valence-electron chi connectivity index (χ3n) is 6.10. The van der Waals surface area contributed by atoms with Crippen LogP contribution in [0.4, 0.5) is 0 Å². The summed E-state index contributed by atoms with van der Waals surface area (Å²) in [5.74, 6) is 0.659. The number of thiazole rings is 1. The molecular formula is C23H19N5O3S2. The molecule has 5 heterocycles. The zero-order valence-electron chi connectivity index (χ0n) is 17.6. The quantitative estimate of drug-likeness (QED) is 0.409. The van der Waals surface area contributed by atoms with Gasteiger partial charge in [0, 0.05) is 65.9 Å². The zero-order valence-corrected chi connectivity index (χ0v) is 19.2. The van der Waals surface area contributed by atoms with Crippen molar-refractivity contribution < 1.29 is 13.5 Å². The molecule has 4 aromatic heterocycles. The fourth-order valence-corrected chi connectivity index (χ4v) is 5.79. The number of fused-ring (bicyclic) bond motifs is 2. The molecule has 166 valence electrons. The molecule has 1 aliphatic heterocycles. The molecule has 0 saturated carbocycles. The number of hydrogen-bond acceptors (Lipinski definition) is 7. The summed E-state index contributed by atoms with van der Waals surface area (Å²) in [5.41, 5.74) is 2.74. The van der Waals surface area contributed by atoms with E-state index in [2.05, 4.69) is 15.0 Å². The molecule has 0 unspecified atom stereocenters. The minimum Gasteiger partial charge on any atom is -0.377 e. The van der Waals surface area contributed by atoms with E-state index in [1.54, 1.807) is 18.5 Å². The number of aryl methyl sites for hydroxylation is 1. The van der Waals surface area contributed by atoms with Crippen LogP contribution in [-0.4, -0.2) is 44.3 Å². The Kier molecular flexibility index (Phi) is 4.35. The van der Waals surface area contributed by atoms with Crippen molar-refractivity contribution in [3.63, 3.8) is 0 Å². The molecule has 1 aliphatic rings. The summed E-state index contributed by atoms with van der Waals surface area (Å²) in [6.07, 6.45) is 8.49. The van der Waals surface area contributed by atoms with Gasteiger partial charge in [0.05, 0.1) is 10.6 Å². The lowest BCUT2D eigenvalue weighted by molar-refractivity contribution is 0.0786. The van der Waals surface area contributed by atoms with Gasteiger partial charge >= 0.3 is 0 Å². The van der Waals surface area contributed by atoms with E-state index in [-0.39, 0.29) is 4.90 Å². The Morgan fingerprint density at radius 2 is 2.12 bits per heavy atom. The molecule has 0 radical (unpaired) electrons. The number of pyridine rings is 1. The van der Waals surface area contributed by atoms with Crippen molar-refractivity contribution in [1.29, 1.82) is 0 Å². The maximum atomic E-state index is 12.0. The maximum Gasteiger partial charge on any atom is 0.177 e. The van der Waals surface area contributed by atoms with Crippen LogP contribution in [0.15, 0.2) is 65.4 Å². The van der Waals surface area contributed by atoms with Crippen LogP contribution in [0.5, 0.6) is 0 Å². The van der Waals surface area contributed by atoms with Crippen LogP contribution in [0.1, 0.15) is 17.8 Å². The van der Waals surface area contributed by atoms with Crippen molar-refractivity contribution >= 4 is 32.2 Å². The fraction of sp³-hybridized carbons (Fsp3) is 0.174. The van der Waals surface area contributed by atoms with Crippen LogP contribution in [0, 0.1) is 0 Å². The van der Waals surface area contributed by atoms with E-state index < -0.39 is 15.4 Å². The van der Waals surface area contributed by atoms with Gasteiger partial charge in [0.15, 0.2) is 9.84 Å². The van der Waals surface area contributed by atoms with Crippen LogP contribution >= 0.6 is 11.3 Å². The molecule has 1 atom stereocenters. The third kappa shape index (κ3) is 3.21. The van der Waals surface area contributed by atoms with Gasteiger partial charge in [-0.15, -0.1) is 11.3 Å². The van der Waals surface area contributed by atoms with Gasteiger partial charge in [-0.05, 0) is 17.7 Å². The van der Waals surface area contributed by atoms with Gasteiger partial charge in [0.1, 0.15) is 22.1 Å². The average Bonchev–Trinajstić information content (AvgIpc) is 3.58. The third-order valence-corrected chi connectivity index (χ3v) is 8.06. The molecule has 0 saturated heterocycles. The topological polar surface area (TPSA) is 114 Å². The number of nitrogens with zero attached hydrogens (tertiary/aromatic N) is 4. The Hall–Kier alpha value is -3.34. The minimum absolute atomic E-state index is 0.170. The Morgan fingerprint density at radius 1 is 1.24 bits per heavy atom. The summed E-state index contributed by atoms with van der Waals surface area (Å²) >= 11 is 1.47. The summed E-state index contributed by atoms with van der Waals surface area (Å²) < 4.78 is 25.9. The molecule has 10 heteroatoms. The van der Waals surface area contributed by atoms with Crippen molar-refractivity contribution in [2.24, 2.45) is 0 Å². The number of hydrogen-bond donors (Lipinski definition) is 2. The number of rotatable bonds is 4. The predicted molar refractivity (Wildman–Crippen MR) is 126 cm³/mol. The smallest absolute Gasteiger partial charge is 0.177 e. The monoisotopic (exact) mass is 477 g/mol. The first-order chi connectivity index (χ1) is 15.8. The molecular weight excluding hydrogens is 458 g/mol. The second-order valence-electron chi connectivity index (χ2n) is 8.21. The number of aromatic amines is 1. The van der Waals surface area contributed by atoms with Crippen LogP contribution in [0.3, 0.4) is 0 Å². The molecule has 1 aromatic carbocycles. The van der Waals surface area contributed by atoms with E-state index in [0.29, 0.717) is 23.3 Å². The number of H-pyrrole nitrogens is 1. The van der Waals surface area contributed by atoms with Gasteiger partial charge in [0.2, 0.25) is 0 Å². The van der Waals surface area contributed by atoms with Crippen LogP contribution in [-0.2, 0) is 22.0 Å². The Morgan fingerprint density at radius 3 is 2.97 bits per heavy atom. The second-order valence-corrected chi connectivity index (χ2v) is 11.1. The number of sulfone groups is 1. The number of nitrogens with one attached hydrogen (secondary N) is 1. The summed E-state index contributed by atoms with van der Waals surface area (Å²) in [6, 6.07) is 9.39. The van der Waals surface area contributed by atoms with Crippen molar-refractivity contribution in [3.05, 3.63) is 71.9 Å². The van der Waals surface area contributed by atoms with Gasteiger partial charge in [-0.3, -0.25) is 0 Å². The zero-order chi connectivity index (χ0) is 22.8. The van der Waals surface area contributed by atoms with Crippen LogP contribution in [0.2, 0.25) is 0 Å². The van der Waals surface area contributed by atoms with Crippen LogP contribution < -0.4 is 0 Å². The largest absolute Gasteiger partial charge is 0.377 e. The van der Waals surface area contributed by atoms with E-state index in [9.17, 15) is 13.5 Å². The van der Waals surface area contributed by atoms with Gasteiger partial charge in [-0.1, -0.05) is 18.2 Å². The van der Waals surface area contributed by atoms with Crippen molar-refractivity contribution in [2.75, 3.05) is 6.26 Å². The van der Waals surface area contributed by atoms with E-state index >= 15 is 0 Å². The first-order valence-corrected chi connectivity index (χ1v) is 13.1. The van der Waals surface area contributed by atoms with E-state index in [1.165, 1.54) is 23.8 Å². The number of aromatic nitrogens is 5. The van der Waals surface area contributed by atoms with Gasteiger partial charge in [-0.2, -0.15) is 0 Å². The fourth-order valence-electron chi connectivity index (χ4n) is 4.35. The molecule has 5 aromatic rings. The summed E-state index contributed by atoms with van der Waals surface area (Å²) in [4.78, 5) is 16.7. The molecule has 0 fully saturated rings. The van der Waals surface area contributed by atoms with Gasteiger partial charge < -0.3 is 14.7 Å². The second kappa shape index (κ2) is 7.08. The average molecular weight is 478 g/mol. The molecule has 0 spiro atoms. The molecule has 0 amide bonds. The maximum absolute atomic E-state index is 12.0. The van der Waals surface area contributed by atoms with Crippen LogP contribution in [0.25, 0.3) is 32.9 Å². The number of aliphatic hydroxyl groups is 1. The number of benzene rings is 1. The minimum atomic E-state index is -3.37. The molecule has 6 rings (SSSR count).